The Morgan fingerprint density at radius 2 is 2.00 bits per heavy atom. The summed E-state index contributed by atoms with van der Waals surface area (Å²) in [7, 11) is 0. The molecule has 1 heterocycles. The van der Waals surface area contributed by atoms with Gasteiger partial charge in [-0.25, -0.2) is 4.98 Å². The maximum absolute atomic E-state index is 5.63. The fraction of sp³-hybridized carbons (Fsp3) is 0.154. The summed E-state index contributed by atoms with van der Waals surface area (Å²) in [5, 5.41) is 0. The number of halogens is 1. The molecule has 0 saturated heterocycles. The Balaban J connectivity index is 1.90. The SMILES string of the molecule is Nc1cc(COCc2ccccc2Br)ccn1. The number of nitrogens with two attached hydrogens (primary N) is 1. The van der Waals surface area contributed by atoms with Gasteiger partial charge in [0, 0.05) is 10.7 Å². The Morgan fingerprint density at radius 3 is 2.76 bits per heavy atom. The first-order valence-corrected chi connectivity index (χ1v) is 6.06. The van der Waals surface area contributed by atoms with Gasteiger partial charge in [0.05, 0.1) is 13.2 Å². The highest BCUT2D eigenvalue weighted by atomic mass is 79.9. The quantitative estimate of drug-likeness (QED) is 0.942. The summed E-state index contributed by atoms with van der Waals surface area (Å²) in [6, 6.07) is 11.7. The lowest BCUT2D eigenvalue weighted by atomic mass is 10.2. The zero-order chi connectivity index (χ0) is 12.1. The van der Waals surface area contributed by atoms with E-state index < -0.39 is 0 Å². The van der Waals surface area contributed by atoms with Crippen molar-refractivity contribution >= 4 is 21.7 Å². The van der Waals surface area contributed by atoms with Crippen LogP contribution >= 0.6 is 15.9 Å². The van der Waals surface area contributed by atoms with Gasteiger partial charge in [-0.2, -0.15) is 0 Å². The third-order valence-corrected chi connectivity index (χ3v) is 3.10. The molecule has 88 valence electrons. The summed E-state index contributed by atoms with van der Waals surface area (Å²) in [5.41, 5.74) is 7.76. The van der Waals surface area contributed by atoms with Gasteiger partial charge in [0.2, 0.25) is 0 Å². The van der Waals surface area contributed by atoms with Gasteiger partial charge in [0.25, 0.3) is 0 Å². The molecule has 1 aromatic carbocycles. The molecule has 2 N–H and O–H groups in total. The molecule has 0 aliphatic rings. The van der Waals surface area contributed by atoms with Crippen molar-refractivity contribution in [1.29, 1.82) is 0 Å². The molecule has 0 saturated carbocycles. The maximum Gasteiger partial charge on any atom is 0.123 e. The van der Waals surface area contributed by atoms with Crippen LogP contribution in [0.5, 0.6) is 0 Å². The summed E-state index contributed by atoms with van der Waals surface area (Å²) < 4.78 is 6.69. The van der Waals surface area contributed by atoms with Crippen LogP contribution in [0.15, 0.2) is 47.1 Å². The Bertz CT molecular complexity index is 502. The van der Waals surface area contributed by atoms with Gasteiger partial charge in [-0.05, 0) is 29.3 Å². The van der Waals surface area contributed by atoms with Gasteiger partial charge in [0.1, 0.15) is 5.82 Å². The van der Waals surface area contributed by atoms with Crippen LogP contribution in [0.2, 0.25) is 0 Å². The molecule has 0 spiro atoms. The molecule has 2 rings (SSSR count). The van der Waals surface area contributed by atoms with Crippen molar-refractivity contribution in [2.24, 2.45) is 0 Å². The lowest BCUT2D eigenvalue weighted by molar-refractivity contribution is 0.107. The van der Waals surface area contributed by atoms with Gasteiger partial charge in [-0.3, -0.25) is 0 Å². The number of pyridine rings is 1. The van der Waals surface area contributed by atoms with E-state index in [2.05, 4.69) is 20.9 Å². The van der Waals surface area contributed by atoms with Crippen LogP contribution in [0.3, 0.4) is 0 Å². The highest BCUT2D eigenvalue weighted by Gasteiger charge is 1.99. The first-order chi connectivity index (χ1) is 8.25. The van der Waals surface area contributed by atoms with Crippen molar-refractivity contribution in [2.75, 3.05) is 5.73 Å². The van der Waals surface area contributed by atoms with Crippen LogP contribution in [0.25, 0.3) is 0 Å². The van der Waals surface area contributed by atoms with Crippen LogP contribution in [-0.4, -0.2) is 4.98 Å². The molecule has 1 aromatic heterocycles. The van der Waals surface area contributed by atoms with Crippen molar-refractivity contribution in [1.82, 2.24) is 4.98 Å². The topological polar surface area (TPSA) is 48.1 Å². The predicted octanol–water partition coefficient (Wildman–Crippen LogP) is 3.14. The summed E-state index contributed by atoms with van der Waals surface area (Å²) in [5.74, 6) is 0.520. The van der Waals surface area contributed by atoms with E-state index in [1.807, 2.05) is 36.4 Å². The van der Waals surface area contributed by atoms with Crippen molar-refractivity contribution in [2.45, 2.75) is 13.2 Å². The minimum atomic E-state index is 0.520. The molecule has 0 aliphatic carbocycles. The highest BCUT2D eigenvalue weighted by Crippen LogP contribution is 2.17. The standard InChI is InChI=1S/C13H13BrN2O/c14-12-4-2-1-3-11(12)9-17-8-10-5-6-16-13(15)7-10/h1-7H,8-9H2,(H2,15,16). The number of anilines is 1. The first-order valence-electron chi connectivity index (χ1n) is 5.27. The fourth-order valence-electron chi connectivity index (χ4n) is 1.48. The predicted molar refractivity (Wildman–Crippen MR) is 71.3 cm³/mol. The van der Waals surface area contributed by atoms with Crippen LogP contribution in [0, 0.1) is 0 Å². The molecule has 0 fully saturated rings. The Labute approximate surface area is 109 Å². The Hall–Kier alpha value is -1.39. The normalized spacial score (nSPS) is 10.4. The number of nitrogens with zero attached hydrogens (tertiary/aromatic N) is 1. The molecule has 0 aliphatic heterocycles. The summed E-state index contributed by atoms with van der Waals surface area (Å²) >= 11 is 3.48. The molecule has 0 unspecified atom stereocenters. The van der Waals surface area contributed by atoms with E-state index in [4.69, 9.17) is 10.5 Å². The van der Waals surface area contributed by atoms with Crippen molar-refractivity contribution < 1.29 is 4.74 Å². The largest absolute Gasteiger partial charge is 0.384 e. The van der Waals surface area contributed by atoms with Gasteiger partial charge < -0.3 is 10.5 Å². The third kappa shape index (κ3) is 3.54. The number of ether oxygens (including phenoxy) is 1. The lowest BCUT2D eigenvalue weighted by Crippen LogP contribution is -1.97. The van der Waals surface area contributed by atoms with E-state index in [-0.39, 0.29) is 0 Å². The van der Waals surface area contributed by atoms with Gasteiger partial charge in [-0.1, -0.05) is 34.1 Å². The molecule has 3 nitrogen and oxygen atoms in total. The molecule has 0 atom stereocenters. The van der Waals surface area contributed by atoms with E-state index in [0.29, 0.717) is 19.0 Å². The molecule has 4 heteroatoms. The maximum atomic E-state index is 5.63. The average molecular weight is 293 g/mol. The molecule has 0 bridgehead atoms. The number of rotatable bonds is 4. The first kappa shape index (κ1) is 12.1. The van der Waals surface area contributed by atoms with Gasteiger partial charge in [-0.15, -0.1) is 0 Å². The monoisotopic (exact) mass is 292 g/mol. The molecular weight excluding hydrogens is 280 g/mol. The molecule has 17 heavy (non-hydrogen) atoms. The van der Waals surface area contributed by atoms with Crippen LogP contribution in [0.1, 0.15) is 11.1 Å². The molecular formula is C13H13BrN2O. The van der Waals surface area contributed by atoms with Gasteiger partial charge in [0.15, 0.2) is 0 Å². The zero-order valence-electron chi connectivity index (χ0n) is 9.27. The highest BCUT2D eigenvalue weighted by molar-refractivity contribution is 9.10. The van der Waals surface area contributed by atoms with Crippen LogP contribution < -0.4 is 5.73 Å². The van der Waals surface area contributed by atoms with Crippen molar-refractivity contribution in [3.63, 3.8) is 0 Å². The minimum absolute atomic E-state index is 0.520. The fourth-order valence-corrected chi connectivity index (χ4v) is 1.88. The Morgan fingerprint density at radius 1 is 1.18 bits per heavy atom. The van der Waals surface area contributed by atoms with E-state index >= 15 is 0 Å². The van der Waals surface area contributed by atoms with Crippen molar-refractivity contribution in [3.8, 4) is 0 Å². The second kappa shape index (κ2) is 5.80. The second-order valence-corrected chi connectivity index (χ2v) is 4.53. The van der Waals surface area contributed by atoms with Crippen LogP contribution in [-0.2, 0) is 18.0 Å². The lowest BCUT2D eigenvalue weighted by Gasteiger charge is -2.06. The van der Waals surface area contributed by atoms with Crippen LogP contribution in [0.4, 0.5) is 5.82 Å². The summed E-state index contributed by atoms with van der Waals surface area (Å²) in [4.78, 5) is 3.93. The Kier molecular flexibility index (Phi) is 4.12. The van der Waals surface area contributed by atoms with E-state index in [0.717, 1.165) is 15.6 Å². The summed E-state index contributed by atoms with van der Waals surface area (Å²) in [6.07, 6.45) is 1.69. The van der Waals surface area contributed by atoms with Crippen molar-refractivity contribution in [3.05, 3.63) is 58.2 Å². The number of benzene rings is 1. The zero-order valence-corrected chi connectivity index (χ0v) is 10.9. The number of nitrogen functional groups attached to an aromatic ring is 1. The average Bonchev–Trinajstić information content (AvgIpc) is 2.32. The molecule has 0 amide bonds. The third-order valence-electron chi connectivity index (χ3n) is 2.33. The number of aromatic nitrogens is 1. The second-order valence-electron chi connectivity index (χ2n) is 3.67. The van der Waals surface area contributed by atoms with E-state index in [9.17, 15) is 0 Å². The smallest absolute Gasteiger partial charge is 0.123 e. The molecule has 2 aromatic rings. The van der Waals surface area contributed by atoms with E-state index in [1.54, 1.807) is 6.20 Å². The number of hydrogen-bond acceptors (Lipinski definition) is 3. The summed E-state index contributed by atoms with van der Waals surface area (Å²) in [6.45, 7) is 1.11. The molecule has 0 radical (unpaired) electrons. The van der Waals surface area contributed by atoms with E-state index in [1.165, 1.54) is 0 Å². The number of hydrogen-bond donors (Lipinski definition) is 1. The minimum Gasteiger partial charge on any atom is -0.384 e. The van der Waals surface area contributed by atoms with Gasteiger partial charge >= 0.3 is 0 Å².